The minimum atomic E-state index is -4.48. The predicted octanol–water partition coefficient (Wildman–Crippen LogP) is 6.17. The molecule has 0 bridgehead atoms. The molecule has 2 aromatic carbocycles. The van der Waals surface area contributed by atoms with Crippen molar-refractivity contribution >= 4 is 46.3 Å². The van der Waals surface area contributed by atoms with Gasteiger partial charge in [0.2, 0.25) is 0 Å². The van der Waals surface area contributed by atoms with Crippen molar-refractivity contribution in [1.82, 2.24) is 4.98 Å². The van der Waals surface area contributed by atoms with E-state index in [0.29, 0.717) is 21.1 Å². The molecule has 11 heteroatoms. The molecule has 0 aliphatic carbocycles. The number of rotatable bonds is 8. The van der Waals surface area contributed by atoms with Gasteiger partial charge in [0.05, 0.1) is 27.1 Å². The number of alkyl halides is 3. The van der Waals surface area contributed by atoms with E-state index in [1.807, 2.05) is 0 Å². The zero-order chi connectivity index (χ0) is 26.1. The monoisotopic (exact) mass is 544 g/mol. The molecule has 0 radical (unpaired) electrons. The number of thiazole rings is 1. The Balaban J connectivity index is 1.76. The third-order valence-electron chi connectivity index (χ3n) is 5.09. The Labute approximate surface area is 213 Å². The standard InChI is InChI=1S/C24H20Cl2F3NO4S/c1-12-20(35-21(30-12)14-5-4-6-15(11-14)24(27,28)29)16(31)9-7-13-8-10-17(19(26)18(13)25)34-23(2,3)22(32)33/h4-6,8,10-11H,7,9H2,1-3H3,(H,32,33)/p-1. The number of ketones is 1. The number of hydrogen-bond acceptors (Lipinski definition) is 6. The number of aromatic nitrogens is 1. The lowest BCUT2D eigenvalue weighted by Gasteiger charge is -2.28. The first-order valence-corrected chi connectivity index (χ1v) is 11.8. The SMILES string of the molecule is Cc1nc(-c2cccc(C(F)(F)F)c2)sc1C(=O)CCc1ccc(OC(C)(C)C(=O)[O-])c(Cl)c1Cl. The smallest absolute Gasteiger partial charge is 0.416 e. The quantitative estimate of drug-likeness (QED) is 0.317. The fourth-order valence-corrected chi connectivity index (χ4v) is 4.63. The fourth-order valence-electron chi connectivity index (χ4n) is 3.13. The Hall–Kier alpha value is -2.62. The van der Waals surface area contributed by atoms with Crippen molar-refractivity contribution < 1.29 is 32.6 Å². The minimum absolute atomic E-state index is 0.00624. The molecule has 0 aliphatic rings. The molecular weight excluding hydrogens is 526 g/mol. The Kier molecular flexibility index (Phi) is 7.83. The molecule has 35 heavy (non-hydrogen) atoms. The molecule has 0 atom stereocenters. The maximum absolute atomic E-state index is 13.0. The number of nitrogens with zero attached hydrogens (tertiary/aromatic N) is 1. The van der Waals surface area contributed by atoms with Gasteiger partial charge in [-0.15, -0.1) is 11.3 Å². The zero-order valence-electron chi connectivity index (χ0n) is 18.8. The molecular formula is C24H19Cl2F3NO4S-. The maximum Gasteiger partial charge on any atom is 0.416 e. The fraction of sp³-hybridized carbons (Fsp3) is 0.292. The van der Waals surface area contributed by atoms with Crippen LogP contribution in [0.25, 0.3) is 10.6 Å². The average molecular weight is 545 g/mol. The summed E-state index contributed by atoms with van der Waals surface area (Å²) in [5.41, 5.74) is -1.19. The number of ether oxygens (including phenoxy) is 1. The molecule has 0 aliphatic heterocycles. The van der Waals surface area contributed by atoms with Gasteiger partial charge in [0, 0.05) is 12.0 Å². The van der Waals surface area contributed by atoms with Crippen LogP contribution in [-0.4, -0.2) is 22.3 Å². The summed E-state index contributed by atoms with van der Waals surface area (Å²) in [4.78, 5) is 28.7. The molecule has 0 unspecified atom stereocenters. The number of carboxylic acid groups (broad SMARTS) is 1. The summed E-state index contributed by atoms with van der Waals surface area (Å²) in [5.74, 6) is -1.61. The summed E-state index contributed by atoms with van der Waals surface area (Å²) >= 11 is 13.6. The highest BCUT2D eigenvalue weighted by Gasteiger charge is 2.31. The molecule has 0 N–H and O–H groups in total. The van der Waals surface area contributed by atoms with Crippen LogP contribution >= 0.6 is 34.5 Å². The van der Waals surface area contributed by atoms with Gasteiger partial charge in [0.1, 0.15) is 21.4 Å². The van der Waals surface area contributed by atoms with E-state index < -0.39 is 23.3 Å². The Morgan fingerprint density at radius 2 is 1.80 bits per heavy atom. The highest BCUT2D eigenvalue weighted by atomic mass is 35.5. The molecule has 0 amide bonds. The summed E-state index contributed by atoms with van der Waals surface area (Å²) in [6.45, 7) is 4.24. The van der Waals surface area contributed by atoms with Crippen LogP contribution < -0.4 is 9.84 Å². The van der Waals surface area contributed by atoms with E-state index in [0.717, 1.165) is 23.5 Å². The third-order valence-corrected chi connectivity index (χ3v) is 7.24. The summed E-state index contributed by atoms with van der Waals surface area (Å²) in [7, 11) is 0. The van der Waals surface area contributed by atoms with Gasteiger partial charge in [-0.25, -0.2) is 4.98 Å². The lowest BCUT2D eigenvalue weighted by atomic mass is 10.1. The lowest BCUT2D eigenvalue weighted by Crippen LogP contribution is -2.48. The van der Waals surface area contributed by atoms with E-state index in [1.165, 1.54) is 32.0 Å². The van der Waals surface area contributed by atoms with Crippen LogP contribution in [0.3, 0.4) is 0 Å². The van der Waals surface area contributed by atoms with Crippen LogP contribution in [0.1, 0.15) is 46.8 Å². The van der Waals surface area contributed by atoms with E-state index in [-0.39, 0.29) is 40.0 Å². The second-order valence-electron chi connectivity index (χ2n) is 8.19. The van der Waals surface area contributed by atoms with E-state index in [1.54, 1.807) is 13.0 Å². The third kappa shape index (κ3) is 6.15. The average Bonchev–Trinajstić information content (AvgIpc) is 3.17. The molecule has 5 nitrogen and oxygen atoms in total. The first kappa shape index (κ1) is 27.0. The van der Waals surface area contributed by atoms with E-state index in [2.05, 4.69) is 4.98 Å². The number of carbonyl (C=O) groups is 2. The topological polar surface area (TPSA) is 79.3 Å². The number of hydrogen-bond donors (Lipinski definition) is 0. The van der Waals surface area contributed by atoms with Gasteiger partial charge < -0.3 is 14.6 Å². The Morgan fingerprint density at radius 1 is 1.11 bits per heavy atom. The molecule has 0 spiro atoms. The van der Waals surface area contributed by atoms with Crippen LogP contribution in [0, 0.1) is 6.92 Å². The molecule has 1 heterocycles. The normalized spacial score (nSPS) is 12.0. The van der Waals surface area contributed by atoms with Crippen LogP contribution in [-0.2, 0) is 17.4 Å². The number of aryl methyl sites for hydroxylation is 2. The predicted molar refractivity (Wildman–Crippen MR) is 126 cm³/mol. The summed E-state index contributed by atoms with van der Waals surface area (Å²) in [5, 5.41) is 11.6. The first-order chi connectivity index (χ1) is 16.2. The van der Waals surface area contributed by atoms with Crippen LogP contribution in [0.15, 0.2) is 36.4 Å². The van der Waals surface area contributed by atoms with Crippen molar-refractivity contribution in [2.45, 2.75) is 45.4 Å². The van der Waals surface area contributed by atoms with Crippen LogP contribution in [0.2, 0.25) is 10.0 Å². The van der Waals surface area contributed by atoms with Gasteiger partial charge in [-0.05, 0) is 51.0 Å². The summed E-state index contributed by atoms with van der Waals surface area (Å²) in [6.07, 6.45) is -4.22. The van der Waals surface area contributed by atoms with Gasteiger partial charge in [0.15, 0.2) is 5.78 Å². The first-order valence-electron chi connectivity index (χ1n) is 10.3. The van der Waals surface area contributed by atoms with Gasteiger partial charge in [0.25, 0.3) is 0 Å². The van der Waals surface area contributed by atoms with E-state index in [4.69, 9.17) is 27.9 Å². The van der Waals surface area contributed by atoms with Crippen molar-refractivity contribution in [2.24, 2.45) is 0 Å². The summed E-state index contributed by atoms with van der Waals surface area (Å²) in [6, 6.07) is 7.82. The van der Waals surface area contributed by atoms with Crippen molar-refractivity contribution in [1.29, 1.82) is 0 Å². The Morgan fingerprint density at radius 3 is 2.43 bits per heavy atom. The van der Waals surface area contributed by atoms with Crippen molar-refractivity contribution in [3.63, 3.8) is 0 Å². The molecule has 0 fully saturated rings. The van der Waals surface area contributed by atoms with E-state index >= 15 is 0 Å². The van der Waals surface area contributed by atoms with Gasteiger partial charge in [-0.2, -0.15) is 13.2 Å². The van der Waals surface area contributed by atoms with Gasteiger partial charge in [-0.3, -0.25) is 4.79 Å². The molecule has 0 saturated carbocycles. The molecule has 0 saturated heterocycles. The largest absolute Gasteiger partial charge is 0.546 e. The summed E-state index contributed by atoms with van der Waals surface area (Å²) < 4.78 is 44.5. The van der Waals surface area contributed by atoms with Crippen molar-refractivity contribution in [3.05, 3.63) is 68.1 Å². The van der Waals surface area contributed by atoms with Crippen LogP contribution in [0.5, 0.6) is 5.75 Å². The van der Waals surface area contributed by atoms with Crippen molar-refractivity contribution in [3.8, 4) is 16.3 Å². The number of benzene rings is 2. The van der Waals surface area contributed by atoms with Crippen molar-refractivity contribution in [2.75, 3.05) is 0 Å². The number of carboxylic acids is 1. The lowest BCUT2D eigenvalue weighted by molar-refractivity contribution is -0.320. The van der Waals surface area contributed by atoms with Crippen LogP contribution in [0.4, 0.5) is 13.2 Å². The number of carbonyl (C=O) groups excluding carboxylic acids is 2. The van der Waals surface area contributed by atoms with Gasteiger partial charge in [-0.1, -0.05) is 41.4 Å². The number of halogens is 5. The zero-order valence-corrected chi connectivity index (χ0v) is 21.1. The van der Waals surface area contributed by atoms with Gasteiger partial charge >= 0.3 is 6.18 Å². The number of aliphatic carboxylic acids is 1. The minimum Gasteiger partial charge on any atom is -0.546 e. The molecule has 3 aromatic rings. The molecule has 186 valence electrons. The molecule has 1 aromatic heterocycles. The van der Waals surface area contributed by atoms with E-state index in [9.17, 15) is 27.9 Å². The molecule has 3 rings (SSSR count). The second-order valence-corrected chi connectivity index (χ2v) is 9.94. The second kappa shape index (κ2) is 10.2. The Bertz CT molecular complexity index is 1290. The number of Topliss-reactive ketones (excluding diaryl/α,β-unsaturated/α-hetero) is 1. The highest BCUT2D eigenvalue weighted by molar-refractivity contribution is 7.17. The maximum atomic E-state index is 13.0. The highest BCUT2D eigenvalue weighted by Crippen LogP contribution is 2.38.